The third-order valence-corrected chi connectivity index (χ3v) is 6.16. The topological polar surface area (TPSA) is 235 Å². The average Bonchev–Trinajstić information content (AvgIpc) is 3.73. The molecule has 17 nitrogen and oxygen atoms in total. The van der Waals surface area contributed by atoms with E-state index in [0.29, 0.717) is 35.4 Å². The van der Waals surface area contributed by atoms with Gasteiger partial charge in [-0.15, -0.1) is 6.42 Å². The van der Waals surface area contributed by atoms with Crippen molar-refractivity contribution in [2.24, 2.45) is 0 Å². The summed E-state index contributed by atoms with van der Waals surface area (Å²) >= 11 is 5.92. The lowest BCUT2D eigenvalue weighted by molar-refractivity contribution is -0.122. The van der Waals surface area contributed by atoms with Crippen molar-refractivity contribution < 1.29 is 51.3 Å². The summed E-state index contributed by atoms with van der Waals surface area (Å²) in [5.41, 5.74) is 5.24. The quantitative estimate of drug-likeness (QED) is 0.128. The Morgan fingerprint density at radius 2 is 1.80 bits per heavy atom. The van der Waals surface area contributed by atoms with Gasteiger partial charge in [-0.2, -0.15) is 4.98 Å². The van der Waals surface area contributed by atoms with Crippen LogP contribution in [0, 0.1) is 26.2 Å². The molecule has 3 N–H and O–H groups in total. The average molecular weight is 639 g/mol. The SMILES string of the molecule is C#CC1(COC(=O)OCc2oc(=O)oc2C)CCC(n2ccc3c(N)nc(Cl)nc32)O1.COCc1oc(=O)oc1C.O=CO. The Balaban J connectivity index is 0.000000340. The molecule has 2 unspecified atom stereocenters. The maximum atomic E-state index is 11.9. The first-order chi connectivity index (χ1) is 20.9. The summed E-state index contributed by atoms with van der Waals surface area (Å²) in [6, 6.07) is 1.75. The predicted molar refractivity (Wildman–Crippen MR) is 147 cm³/mol. The number of aromatic nitrogens is 3. The summed E-state index contributed by atoms with van der Waals surface area (Å²) < 4.78 is 41.2. The Bertz CT molecular complexity index is 1740. The van der Waals surface area contributed by atoms with Crippen molar-refractivity contribution >= 4 is 41.1 Å². The van der Waals surface area contributed by atoms with Crippen molar-refractivity contribution in [3.63, 3.8) is 0 Å². The van der Waals surface area contributed by atoms with Gasteiger partial charge in [0.15, 0.2) is 29.5 Å². The number of anilines is 1. The van der Waals surface area contributed by atoms with Crippen LogP contribution in [0.5, 0.6) is 0 Å². The van der Waals surface area contributed by atoms with E-state index >= 15 is 0 Å². The molecule has 2 atom stereocenters. The zero-order chi connectivity index (χ0) is 32.4. The number of aryl methyl sites for hydroxylation is 2. The highest BCUT2D eigenvalue weighted by Crippen LogP contribution is 2.38. The van der Waals surface area contributed by atoms with Gasteiger partial charge in [-0.05, 0) is 44.4 Å². The molecule has 0 radical (unpaired) electrons. The number of halogens is 1. The van der Waals surface area contributed by atoms with Crippen molar-refractivity contribution in [2.75, 3.05) is 19.5 Å². The van der Waals surface area contributed by atoms with Gasteiger partial charge < -0.3 is 52.0 Å². The summed E-state index contributed by atoms with van der Waals surface area (Å²) in [7, 11) is 1.52. The highest BCUT2D eigenvalue weighted by molar-refractivity contribution is 6.28. The summed E-state index contributed by atoms with van der Waals surface area (Å²) in [6.07, 6.45) is 6.91. The van der Waals surface area contributed by atoms with E-state index in [1.54, 1.807) is 23.8 Å². The van der Waals surface area contributed by atoms with Gasteiger partial charge in [0, 0.05) is 13.3 Å². The molecule has 0 spiro atoms. The lowest BCUT2D eigenvalue weighted by Crippen LogP contribution is -2.34. The number of rotatable bonds is 7. The van der Waals surface area contributed by atoms with Crippen molar-refractivity contribution in [1.29, 1.82) is 0 Å². The molecule has 236 valence electrons. The fraction of sp³-hybridized carbons (Fsp3) is 0.385. The van der Waals surface area contributed by atoms with Crippen molar-refractivity contribution in [1.82, 2.24) is 14.5 Å². The molecule has 5 heterocycles. The maximum Gasteiger partial charge on any atom is 0.519 e. The Morgan fingerprint density at radius 3 is 2.34 bits per heavy atom. The molecule has 1 aliphatic heterocycles. The second-order valence-electron chi connectivity index (χ2n) is 8.82. The Kier molecular flexibility index (Phi) is 11.3. The number of carboxylic acid groups (broad SMARTS) is 1. The molecule has 0 saturated carbocycles. The molecule has 0 bridgehead atoms. The number of nitrogen functional groups attached to an aromatic ring is 1. The first kappa shape index (κ1) is 33.5. The van der Waals surface area contributed by atoms with Crippen LogP contribution in [0.1, 0.15) is 42.1 Å². The summed E-state index contributed by atoms with van der Waals surface area (Å²) in [5, 5.41) is 7.54. The number of ether oxygens (including phenoxy) is 4. The van der Waals surface area contributed by atoms with Crippen molar-refractivity contribution in [2.45, 2.75) is 51.7 Å². The minimum Gasteiger partial charge on any atom is -0.483 e. The summed E-state index contributed by atoms with van der Waals surface area (Å²) in [6.45, 7) is 2.63. The molecule has 0 amide bonds. The number of methoxy groups -OCH3 is 1. The molecule has 1 saturated heterocycles. The second kappa shape index (κ2) is 14.9. The van der Waals surface area contributed by atoms with E-state index in [2.05, 4.69) is 29.1 Å². The van der Waals surface area contributed by atoms with Crippen LogP contribution in [0.2, 0.25) is 5.28 Å². The van der Waals surface area contributed by atoms with Gasteiger partial charge in [-0.25, -0.2) is 19.4 Å². The minimum absolute atomic E-state index is 0.0148. The van der Waals surface area contributed by atoms with Gasteiger partial charge in [0.05, 0.1) is 5.39 Å². The molecular formula is C26H27ClN4O13. The van der Waals surface area contributed by atoms with E-state index in [0.717, 1.165) is 0 Å². The first-order valence-corrected chi connectivity index (χ1v) is 12.8. The van der Waals surface area contributed by atoms with Gasteiger partial charge >= 0.3 is 17.8 Å². The number of hydrogen-bond acceptors (Lipinski definition) is 15. The predicted octanol–water partition coefficient (Wildman–Crippen LogP) is 2.94. The lowest BCUT2D eigenvalue weighted by atomic mass is 10.0. The van der Waals surface area contributed by atoms with Gasteiger partial charge in [0.1, 0.15) is 36.7 Å². The number of carbonyl (C=O) groups excluding carboxylic acids is 1. The molecule has 5 rings (SSSR count). The molecule has 0 aromatic carbocycles. The fourth-order valence-electron chi connectivity index (χ4n) is 3.93. The molecule has 44 heavy (non-hydrogen) atoms. The zero-order valence-corrected chi connectivity index (χ0v) is 24.3. The number of nitrogens with zero attached hydrogens (tertiary/aromatic N) is 3. The van der Waals surface area contributed by atoms with Gasteiger partial charge in [0.2, 0.25) is 5.28 Å². The zero-order valence-electron chi connectivity index (χ0n) is 23.6. The molecule has 4 aromatic rings. The third-order valence-electron chi connectivity index (χ3n) is 6.00. The van der Waals surface area contributed by atoms with E-state index in [4.69, 9.17) is 57.0 Å². The van der Waals surface area contributed by atoms with E-state index < -0.39 is 29.6 Å². The van der Waals surface area contributed by atoms with Crippen molar-refractivity contribution in [3.05, 3.63) is 61.8 Å². The molecule has 4 aromatic heterocycles. The van der Waals surface area contributed by atoms with E-state index in [1.165, 1.54) is 14.0 Å². The Hall–Kier alpha value is -5.05. The summed E-state index contributed by atoms with van der Waals surface area (Å²) in [5.74, 6) is 2.48. The van der Waals surface area contributed by atoms with Crippen LogP contribution < -0.4 is 17.4 Å². The van der Waals surface area contributed by atoms with Gasteiger partial charge in [0.25, 0.3) is 6.47 Å². The van der Waals surface area contributed by atoms with Crippen LogP contribution in [0.3, 0.4) is 0 Å². The normalized spacial score (nSPS) is 17.1. The monoisotopic (exact) mass is 638 g/mol. The van der Waals surface area contributed by atoms with Crippen LogP contribution in [0.15, 0.2) is 39.5 Å². The minimum atomic E-state index is -1.15. The lowest BCUT2D eigenvalue weighted by Gasteiger charge is -2.23. The summed E-state index contributed by atoms with van der Waals surface area (Å²) in [4.78, 5) is 49.9. The number of hydrogen-bond donors (Lipinski definition) is 2. The highest BCUT2D eigenvalue weighted by Gasteiger charge is 2.41. The maximum absolute atomic E-state index is 11.9. The standard InChI is InChI=1S/C19H17ClN4O7.C6H8O4.CH2O2/c1-3-19(9-28-17(25)27-8-12-10(2)29-18(26)30-12)6-4-13(31-19)24-7-5-11-14(21)22-16(20)23-15(11)24;1-4-5(3-8-2)10-6(7)9-4;2-1-3/h1,5,7,13H,4,6,8-9H2,2H3,(H2,21,22,23);3H2,1-2H3;1H,(H,2,3). The van der Waals surface area contributed by atoms with Gasteiger partial charge in [-0.3, -0.25) is 4.79 Å². The number of nitrogens with two attached hydrogens (primary N) is 1. The highest BCUT2D eigenvalue weighted by atomic mass is 35.5. The largest absolute Gasteiger partial charge is 0.519 e. The van der Waals surface area contributed by atoms with Gasteiger partial charge in [-0.1, -0.05) is 5.92 Å². The van der Waals surface area contributed by atoms with Crippen LogP contribution in [0.25, 0.3) is 11.0 Å². The van der Waals surface area contributed by atoms with Crippen LogP contribution in [0.4, 0.5) is 10.6 Å². The fourth-order valence-corrected chi connectivity index (χ4v) is 4.10. The number of carbonyl (C=O) groups is 2. The van der Waals surface area contributed by atoms with Crippen LogP contribution >= 0.6 is 11.6 Å². The smallest absolute Gasteiger partial charge is 0.483 e. The molecule has 0 aliphatic carbocycles. The van der Waals surface area contributed by atoms with E-state index in [-0.39, 0.29) is 48.9 Å². The molecule has 1 fully saturated rings. The molecule has 1 aliphatic rings. The van der Waals surface area contributed by atoms with E-state index in [9.17, 15) is 14.4 Å². The third kappa shape index (κ3) is 8.28. The number of terminal acetylenes is 1. The van der Waals surface area contributed by atoms with Crippen molar-refractivity contribution in [3.8, 4) is 12.3 Å². The van der Waals surface area contributed by atoms with Crippen LogP contribution in [-0.4, -0.2) is 51.6 Å². The first-order valence-electron chi connectivity index (χ1n) is 12.5. The molecule has 18 heteroatoms. The second-order valence-corrected chi connectivity index (χ2v) is 9.16. The Labute approximate surface area is 252 Å². The van der Waals surface area contributed by atoms with E-state index in [1.807, 2.05) is 0 Å². The Morgan fingerprint density at radius 1 is 1.18 bits per heavy atom. The number of fused-ring (bicyclic) bond motifs is 1. The van der Waals surface area contributed by atoms with Crippen LogP contribution in [-0.2, 0) is 37.0 Å². The molecular weight excluding hydrogens is 612 g/mol.